The van der Waals surface area contributed by atoms with Gasteiger partial charge in [0, 0.05) is 49.1 Å². The lowest BCUT2D eigenvalue weighted by atomic mass is 9.90. The Hall–Kier alpha value is -3.74. The number of anilines is 1. The summed E-state index contributed by atoms with van der Waals surface area (Å²) in [6, 6.07) is 17.7. The van der Waals surface area contributed by atoms with Crippen molar-refractivity contribution in [1.82, 2.24) is 15.1 Å². The van der Waals surface area contributed by atoms with Crippen LogP contribution >= 0.6 is 0 Å². The molecule has 2 aliphatic heterocycles. The SMILES string of the molecule is O=C(C1=CC(Cc2n[nH]c(=O)c3ccccc23)CC=C1F)N1CC2CN(c3ccccc3)CC2C1. The molecule has 0 saturated carbocycles. The zero-order chi connectivity index (χ0) is 23.9. The highest BCUT2D eigenvalue weighted by molar-refractivity contribution is 5.97. The maximum Gasteiger partial charge on any atom is 0.272 e. The number of carbonyl (C=O) groups is 1. The predicted molar refractivity (Wildman–Crippen MR) is 134 cm³/mol. The molecule has 2 fully saturated rings. The van der Waals surface area contributed by atoms with E-state index in [1.165, 1.54) is 11.8 Å². The van der Waals surface area contributed by atoms with Gasteiger partial charge in [0.15, 0.2) is 0 Å². The molecule has 178 valence electrons. The molecular formula is C28H27FN4O2. The van der Waals surface area contributed by atoms with E-state index in [-0.39, 0.29) is 23.0 Å². The number of carbonyl (C=O) groups excluding carboxylic acids is 1. The van der Waals surface area contributed by atoms with E-state index >= 15 is 0 Å². The van der Waals surface area contributed by atoms with Crippen LogP contribution in [0.5, 0.6) is 0 Å². The van der Waals surface area contributed by atoms with Gasteiger partial charge in [-0.05, 0) is 43.0 Å². The molecule has 2 saturated heterocycles. The summed E-state index contributed by atoms with van der Waals surface area (Å²) in [4.78, 5) is 29.7. The predicted octanol–water partition coefficient (Wildman–Crippen LogP) is 3.86. The third-order valence-electron chi connectivity index (χ3n) is 7.62. The molecule has 1 amide bonds. The Balaban J connectivity index is 1.17. The van der Waals surface area contributed by atoms with Crippen LogP contribution in [-0.2, 0) is 11.2 Å². The first kappa shape index (κ1) is 21.8. The number of allylic oxidation sites excluding steroid dienone is 2. The highest BCUT2D eigenvalue weighted by atomic mass is 19.1. The number of amides is 1. The number of aromatic nitrogens is 2. The fraction of sp³-hybridized carbons (Fsp3) is 0.321. The van der Waals surface area contributed by atoms with E-state index in [9.17, 15) is 14.0 Å². The van der Waals surface area contributed by atoms with Gasteiger partial charge in [-0.15, -0.1) is 0 Å². The number of nitrogens with zero attached hydrogens (tertiary/aromatic N) is 3. The minimum absolute atomic E-state index is 0.0640. The number of nitrogens with one attached hydrogen (secondary N) is 1. The van der Waals surface area contributed by atoms with Crippen molar-refractivity contribution in [3.05, 3.63) is 94.2 Å². The molecule has 35 heavy (non-hydrogen) atoms. The fourth-order valence-electron chi connectivity index (χ4n) is 5.82. The van der Waals surface area contributed by atoms with E-state index in [4.69, 9.17) is 0 Å². The fourth-order valence-corrected chi connectivity index (χ4v) is 5.82. The number of rotatable bonds is 4. The highest BCUT2D eigenvalue weighted by Gasteiger charge is 2.42. The quantitative estimate of drug-likeness (QED) is 0.629. The number of fused-ring (bicyclic) bond motifs is 2. The van der Waals surface area contributed by atoms with Gasteiger partial charge in [0.25, 0.3) is 11.5 Å². The van der Waals surface area contributed by atoms with Crippen molar-refractivity contribution < 1.29 is 9.18 Å². The van der Waals surface area contributed by atoms with Crippen LogP contribution < -0.4 is 10.5 Å². The van der Waals surface area contributed by atoms with Crippen molar-refractivity contribution in [1.29, 1.82) is 0 Å². The molecule has 0 radical (unpaired) electrons. The first-order chi connectivity index (χ1) is 17.1. The number of halogens is 1. The summed E-state index contributed by atoms with van der Waals surface area (Å²) in [5.74, 6) is 0.0913. The summed E-state index contributed by atoms with van der Waals surface area (Å²) < 4.78 is 14.8. The standard InChI is InChI=1S/C28H27FN4O2/c29-25-11-10-18(13-26-22-8-4-5-9-23(22)27(34)31-30-26)12-24(25)28(35)33-16-19-14-32(15-20(19)17-33)21-6-2-1-3-7-21/h1-9,11-12,18-20H,10,13-17H2,(H,31,34). The number of aromatic amines is 1. The van der Waals surface area contributed by atoms with Crippen LogP contribution in [0, 0.1) is 17.8 Å². The molecule has 6 nitrogen and oxygen atoms in total. The Bertz CT molecular complexity index is 1380. The zero-order valence-corrected chi connectivity index (χ0v) is 19.4. The molecule has 3 heterocycles. The first-order valence-corrected chi connectivity index (χ1v) is 12.2. The van der Waals surface area contributed by atoms with Gasteiger partial charge in [-0.1, -0.05) is 42.5 Å². The summed E-state index contributed by atoms with van der Waals surface area (Å²) in [5.41, 5.74) is 1.90. The maximum absolute atomic E-state index is 14.8. The smallest absolute Gasteiger partial charge is 0.272 e. The van der Waals surface area contributed by atoms with Gasteiger partial charge >= 0.3 is 0 Å². The number of benzene rings is 2. The van der Waals surface area contributed by atoms with E-state index in [0.29, 0.717) is 43.2 Å². The number of H-pyrrole nitrogens is 1. The molecule has 7 heteroatoms. The van der Waals surface area contributed by atoms with Crippen LogP contribution in [-0.4, -0.2) is 47.2 Å². The Kier molecular flexibility index (Phi) is 5.47. The molecule has 3 unspecified atom stereocenters. The lowest BCUT2D eigenvalue weighted by Gasteiger charge is -2.25. The van der Waals surface area contributed by atoms with Crippen LogP contribution in [0.1, 0.15) is 12.1 Å². The number of para-hydroxylation sites is 1. The van der Waals surface area contributed by atoms with Gasteiger partial charge in [-0.3, -0.25) is 9.59 Å². The molecule has 3 atom stereocenters. The average molecular weight is 471 g/mol. The molecule has 3 aliphatic rings. The molecule has 0 spiro atoms. The van der Waals surface area contributed by atoms with Crippen molar-refractivity contribution in [2.24, 2.45) is 17.8 Å². The van der Waals surface area contributed by atoms with Crippen molar-refractivity contribution >= 4 is 22.4 Å². The average Bonchev–Trinajstić information content (AvgIpc) is 3.47. The Labute approximate surface area is 202 Å². The molecule has 2 aromatic carbocycles. The van der Waals surface area contributed by atoms with Crippen molar-refractivity contribution in [2.75, 3.05) is 31.1 Å². The van der Waals surface area contributed by atoms with E-state index in [1.54, 1.807) is 12.1 Å². The summed E-state index contributed by atoms with van der Waals surface area (Å²) in [6.45, 7) is 3.16. The third kappa shape index (κ3) is 4.05. The van der Waals surface area contributed by atoms with Gasteiger partial charge in [-0.2, -0.15) is 5.10 Å². The van der Waals surface area contributed by atoms with E-state index < -0.39 is 5.83 Å². The van der Waals surface area contributed by atoms with Gasteiger partial charge in [-0.25, -0.2) is 9.49 Å². The molecular weight excluding hydrogens is 443 g/mol. The molecule has 1 aliphatic carbocycles. The third-order valence-corrected chi connectivity index (χ3v) is 7.62. The van der Waals surface area contributed by atoms with E-state index in [0.717, 1.165) is 24.2 Å². The summed E-state index contributed by atoms with van der Waals surface area (Å²) in [6.07, 6.45) is 4.30. The van der Waals surface area contributed by atoms with Crippen LogP contribution in [0.4, 0.5) is 10.1 Å². The second-order valence-electron chi connectivity index (χ2n) is 9.85. The lowest BCUT2D eigenvalue weighted by molar-refractivity contribution is -0.126. The van der Waals surface area contributed by atoms with Gasteiger partial charge < -0.3 is 9.80 Å². The van der Waals surface area contributed by atoms with E-state index in [1.807, 2.05) is 41.3 Å². The summed E-state index contributed by atoms with van der Waals surface area (Å²) >= 11 is 0. The zero-order valence-electron chi connectivity index (χ0n) is 19.4. The Morgan fingerprint density at radius 2 is 1.66 bits per heavy atom. The molecule has 1 aromatic heterocycles. The molecule has 1 N–H and O–H groups in total. The number of likely N-dealkylation sites (tertiary alicyclic amines) is 1. The minimum Gasteiger partial charge on any atom is -0.371 e. The second kappa shape index (κ2) is 8.80. The van der Waals surface area contributed by atoms with Crippen LogP contribution in [0.3, 0.4) is 0 Å². The second-order valence-corrected chi connectivity index (χ2v) is 9.85. The Morgan fingerprint density at radius 1 is 0.971 bits per heavy atom. The largest absolute Gasteiger partial charge is 0.371 e. The van der Waals surface area contributed by atoms with Crippen molar-refractivity contribution in [2.45, 2.75) is 12.8 Å². The number of hydrogen-bond donors (Lipinski definition) is 1. The van der Waals surface area contributed by atoms with Crippen LogP contribution in [0.2, 0.25) is 0 Å². The highest BCUT2D eigenvalue weighted by Crippen LogP contribution is 2.36. The molecule has 3 aromatic rings. The Morgan fingerprint density at radius 3 is 2.40 bits per heavy atom. The lowest BCUT2D eigenvalue weighted by Crippen LogP contribution is -2.35. The van der Waals surface area contributed by atoms with E-state index in [2.05, 4.69) is 27.2 Å². The first-order valence-electron chi connectivity index (χ1n) is 12.2. The molecule has 0 bridgehead atoms. The normalized spacial score (nSPS) is 23.9. The van der Waals surface area contributed by atoms with Crippen molar-refractivity contribution in [3.63, 3.8) is 0 Å². The molecule has 6 rings (SSSR count). The minimum atomic E-state index is -0.437. The van der Waals surface area contributed by atoms with Crippen LogP contribution in [0.15, 0.2) is 82.9 Å². The van der Waals surface area contributed by atoms with Gasteiger partial charge in [0.05, 0.1) is 16.7 Å². The monoisotopic (exact) mass is 470 g/mol. The van der Waals surface area contributed by atoms with Gasteiger partial charge in [0.1, 0.15) is 5.83 Å². The summed E-state index contributed by atoms with van der Waals surface area (Å²) in [7, 11) is 0. The topological polar surface area (TPSA) is 69.3 Å². The summed E-state index contributed by atoms with van der Waals surface area (Å²) in [5, 5.41) is 8.20. The maximum atomic E-state index is 14.8. The van der Waals surface area contributed by atoms with Gasteiger partial charge in [0.2, 0.25) is 0 Å². The van der Waals surface area contributed by atoms with Crippen molar-refractivity contribution in [3.8, 4) is 0 Å². The number of hydrogen-bond acceptors (Lipinski definition) is 4. The van der Waals surface area contributed by atoms with Crippen LogP contribution in [0.25, 0.3) is 10.8 Å².